The molecule has 1 atom stereocenters. The lowest BCUT2D eigenvalue weighted by Crippen LogP contribution is -2.18. The maximum atomic E-state index is 11.2. The van der Waals surface area contributed by atoms with Crippen LogP contribution in [0.1, 0.15) is 19.0 Å². The number of nitrogens with two attached hydrogens (primary N) is 1. The van der Waals surface area contributed by atoms with Crippen molar-refractivity contribution in [2.24, 2.45) is 5.14 Å². The number of hydrogen-bond acceptors (Lipinski definition) is 4. The molecule has 0 aliphatic carbocycles. The molecule has 1 rings (SSSR count). The van der Waals surface area contributed by atoms with Crippen molar-refractivity contribution < 1.29 is 13.5 Å². The molecule has 1 heterocycles. The fraction of sp³-hybridized carbons (Fsp3) is 0.444. The standard InChI is InChI=1S/C9H14N2O3S/c1-2-7(12)6-8-9(15(10,13)14)4-3-5-11-8/h3-5,7,12H,2,6H2,1H3,(H2,10,13,14). The molecule has 0 saturated carbocycles. The van der Waals surface area contributed by atoms with Crippen LogP contribution in [-0.2, 0) is 16.4 Å². The highest BCUT2D eigenvalue weighted by Crippen LogP contribution is 2.13. The fourth-order valence-electron chi connectivity index (χ4n) is 1.20. The van der Waals surface area contributed by atoms with E-state index in [0.29, 0.717) is 12.1 Å². The van der Waals surface area contributed by atoms with E-state index in [2.05, 4.69) is 4.98 Å². The first-order valence-corrected chi connectivity index (χ1v) is 6.14. The first-order valence-electron chi connectivity index (χ1n) is 4.60. The lowest BCUT2D eigenvalue weighted by atomic mass is 10.1. The summed E-state index contributed by atoms with van der Waals surface area (Å²) in [7, 11) is -3.76. The van der Waals surface area contributed by atoms with Gasteiger partial charge in [-0.1, -0.05) is 6.92 Å². The first-order chi connectivity index (χ1) is 6.95. The largest absolute Gasteiger partial charge is 0.393 e. The van der Waals surface area contributed by atoms with E-state index in [0.717, 1.165) is 0 Å². The van der Waals surface area contributed by atoms with Crippen molar-refractivity contribution in [3.63, 3.8) is 0 Å². The van der Waals surface area contributed by atoms with E-state index in [9.17, 15) is 13.5 Å². The van der Waals surface area contributed by atoms with Gasteiger partial charge in [-0.3, -0.25) is 4.98 Å². The minimum absolute atomic E-state index is 0.0162. The van der Waals surface area contributed by atoms with Crippen molar-refractivity contribution >= 4 is 10.0 Å². The first kappa shape index (κ1) is 12.1. The summed E-state index contributed by atoms with van der Waals surface area (Å²) in [5.74, 6) is 0. The molecule has 1 aromatic rings. The zero-order valence-corrected chi connectivity index (χ0v) is 9.24. The van der Waals surface area contributed by atoms with Crippen LogP contribution in [-0.4, -0.2) is 24.6 Å². The van der Waals surface area contributed by atoms with Crippen molar-refractivity contribution in [2.75, 3.05) is 0 Å². The van der Waals surface area contributed by atoms with Crippen molar-refractivity contribution in [2.45, 2.75) is 30.8 Å². The third-order valence-corrected chi connectivity index (χ3v) is 3.04. The third kappa shape index (κ3) is 3.26. The van der Waals surface area contributed by atoms with Crippen molar-refractivity contribution in [1.82, 2.24) is 4.98 Å². The van der Waals surface area contributed by atoms with Crippen molar-refractivity contribution in [3.05, 3.63) is 24.0 Å². The summed E-state index contributed by atoms with van der Waals surface area (Å²) in [6.45, 7) is 1.81. The van der Waals surface area contributed by atoms with E-state index < -0.39 is 16.1 Å². The molecule has 0 bridgehead atoms. The molecule has 1 unspecified atom stereocenters. The molecule has 5 nitrogen and oxygen atoms in total. The van der Waals surface area contributed by atoms with Crippen LogP contribution in [0.3, 0.4) is 0 Å². The Morgan fingerprint density at radius 2 is 2.27 bits per heavy atom. The van der Waals surface area contributed by atoms with E-state index in [1.807, 2.05) is 6.92 Å². The third-order valence-electron chi connectivity index (χ3n) is 2.06. The Morgan fingerprint density at radius 1 is 1.60 bits per heavy atom. The number of aromatic nitrogens is 1. The summed E-state index contributed by atoms with van der Waals surface area (Å²) in [4.78, 5) is 3.90. The quantitative estimate of drug-likeness (QED) is 0.763. The molecule has 3 N–H and O–H groups in total. The van der Waals surface area contributed by atoms with E-state index in [-0.39, 0.29) is 11.3 Å². The molecule has 15 heavy (non-hydrogen) atoms. The summed E-state index contributed by atoms with van der Waals surface area (Å²) in [6.07, 6.45) is 1.62. The minimum atomic E-state index is -3.76. The van der Waals surface area contributed by atoms with Crippen LogP contribution in [0.25, 0.3) is 0 Å². The van der Waals surface area contributed by atoms with Crippen LogP contribution in [0.2, 0.25) is 0 Å². The monoisotopic (exact) mass is 230 g/mol. The molecular weight excluding hydrogens is 216 g/mol. The average molecular weight is 230 g/mol. The molecule has 0 fully saturated rings. The molecule has 0 aliphatic rings. The molecule has 6 heteroatoms. The Hall–Kier alpha value is -0.980. The van der Waals surface area contributed by atoms with Gasteiger partial charge in [0.1, 0.15) is 4.90 Å². The summed E-state index contributed by atoms with van der Waals surface area (Å²) < 4.78 is 22.4. The molecule has 0 radical (unpaired) electrons. The predicted molar refractivity (Wildman–Crippen MR) is 55.6 cm³/mol. The van der Waals surface area contributed by atoms with E-state index in [4.69, 9.17) is 5.14 Å². The van der Waals surface area contributed by atoms with E-state index in [1.54, 1.807) is 0 Å². The molecule has 84 valence electrons. The van der Waals surface area contributed by atoms with E-state index in [1.165, 1.54) is 18.3 Å². The number of sulfonamides is 1. The number of aliphatic hydroxyl groups is 1. The summed E-state index contributed by atoms with van der Waals surface area (Å²) >= 11 is 0. The zero-order valence-electron chi connectivity index (χ0n) is 8.42. The summed E-state index contributed by atoms with van der Waals surface area (Å²) in [5.41, 5.74) is 0.314. The lowest BCUT2D eigenvalue weighted by Gasteiger charge is -2.09. The van der Waals surface area contributed by atoms with Gasteiger partial charge in [-0.15, -0.1) is 0 Å². The highest BCUT2D eigenvalue weighted by molar-refractivity contribution is 7.89. The second-order valence-corrected chi connectivity index (χ2v) is 4.79. The summed E-state index contributed by atoms with van der Waals surface area (Å²) in [6, 6.07) is 2.89. The van der Waals surface area contributed by atoms with Gasteiger partial charge in [0.05, 0.1) is 11.8 Å². The van der Waals surface area contributed by atoms with Gasteiger partial charge < -0.3 is 5.11 Å². The Bertz CT molecular complexity index is 431. The molecular formula is C9H14N2O3S. The second kappa shape index (κ2) is 4.69. The maximum Gasteiger partial charge on any atom is 0.239 e. The minimum Gasteiger partial charge on any atom is -0.393 e. The van der Waals surface area contributed by atoms with Crippen LogP contribution in [0, 0.1) is 0 Å². The van der Waals surface area contributed by atoms with Crippen LogP contribution in [0.4, 0.5) is 0 Å². The van der Waals surface area contributed by atoms with Gasteiger partial charge in [0.25, 0.3) is 0 Å². The Kier molecular flexibility index (Phi) is 3.78. The van der Waals surface area contributed by atoms with Gasteiger partial charge in [-0.2, -0.15) is 0 Å². The van der Waals surface area contributed by atoms with Crippen molar-refractivity contribution in [3.8, 4) is 0 Å². The molecule has 0 aromatic carbocycles. The zero-order chi connectivity index (χ0) is 11.5. The highest BCUT2D eigenvalue weighted by Gasteiger charge is 2.16. The maximum absolute atomic E-state index is 11.2. The number of primary sulfonamides is 1. The van der Waals surface area contributed by atoms with Gasteiger partial charge in [-0.05, 0) is 18.6 Å². The second-order valence-electron chi connectivity index (χ2n) is 3.26. The average Bonchev–Trinajstić information content (AvgIpc) is 2.17. The number of hydrogen-bond donors (Lipinski definition) is 2. The number of nitrogens with zero attached hydrogens (tertiary/aromatic N) is 1. The van der Waals surface area contributed by atoms with Crippen LogP contribution >= 0.6 is 0 Å². The van der Waals surface area contributed by atoms with Crippen LogP contribution in [0.15, 0.2) is 23.2 Å². The molecule has 0 aliphatic heterocycles. The topological polar surface area (TPSA) is 93.3 Å². The summed E-state index contributed by atoms with van der Waals surface area (Å²) in [5, 5.41) is 14.5. The highest BCUT2D eigenvalue weighted by atomic mass is 32.2. The Labute approximate surface area is 89.0 Å². The van der Waals surface area contributed by atoms with Gasteiger partial charge >= 0.3 is 0 Å². The Balaban J connectivity index is 3.08. The molecule has 1 aromatic heterocycles. The van der Waals surface area contributed by atoms with Gasteiger partial charge in [0.15, 0.2) is 0 Å². The fourth-order valence-corrected chi connectivity index (χ4v) is 1.94. The smallest absolute Gasteiger partial charge is 0.239 e. The predicted octanol–water partition coefficient (Wildman–Crippen LogP) is 0.0424. The van der Waals surface area contributed by atoms with Crippen LogP contribution in [0.5, 0.6) is 0 Å². The van der Waals surface area contributed by atoms with Crippen molar-refractivity contribution in [1.29, 1.82) is 0 Å². The lowest BCUT2D eigenvalue weighted by molar-refractivity contribution is 0.169. The number of pyridine rings is 1. The molecule has 0 amide bonds. The number of aliphatic hydroxyl groups excluding tert-OH is 1. The number of rotatable bonds is 4. The van der Waals surface area contributed by atoms with Gasteiger partial charge in [0, 0.05) is 12.6 Å². The van der Waals surface area contributed by atoms with Gasteiger partial charge in [0.2, 0.25) is 10.0 Å². The SMILES string of the molecule is CCC(O)Cc1ncccc1S(N)(=O)=O. The Morgan fingerprint density at radius 3 is 2.80 bits per heavy atom. The van der Waals surface area contributed by atoms with Gasteiger partial charge in [-0.25, -0.2) is 13.6 Å². The normalized spacial score (nSPS) is 13.8. The van der Waals surface area contributed by atoms with Crippen LogP contribution < -0.4 is 5.14 Å². The van der Waals surface area contributed by atoms with E-state index >= 15 is 0 Å². The molecule has 0 saturated heterocycles. The molecule has 0 spiro atoms.